The molecule has 0 aliphatic carbocycles. The van der Waals surface area contributed by atoms with Crippen LogP contribution in [0, 0.1) is 6.92 Å². The molecule has 102 valence electrons. The Morgan fingerprint density at radius 2 is 2.30 bits per heavy atom. The third-order valence-corrected chi connectivity index (χ3v) is 4.44. The zero-order valence-electron chi connectivity index (χ0n) is 10.5. The molecule has 3 heterocycles. The molecular formula is C12H10N4O2S2. The SMILES string of the molecule is Cc1c(C(=O)O)nnn1Cc1csc(-c2ccsc2)n1. The maximum absolute atomic E-state index is 10.9. The van der Waals surface area contributed by atoms with Gasteiger partial charge in [0.05, 0.1) is 17.9 Å². The smallest absolute Gasteiger partial charge is 0.358 e. The minimum Gasteiger partial charge on any atom is -0.476 e. The number of aromatic nitrogens is 4. The van der Waals surface area contributed by atoms with Crippen molar-refractivity contribution in [2.45, 2.75) is 13.5 Å². The Morgan fingerprint density at radius 3 is 2.95 bits per heavy atom. The molecule has 3 aromatic rings. The van der Waals surface area contributed by atoms with E-state index >= 15 is 0 Å². The number of thiazole rings is 1. The minimum atomic E-state index is -1.06. The number of carbonyl (C=O) groups is 1. The van der Waals surface area contributed by atoms with Crippen LogP contribution in [0.15, 0.2) is 22.2 Å². The van der Waals surface area contributed by atoms with E-state index in [4.69, 9.17) is 5.11 Å². The summed E-state index contributed by atoms with van der Waals surface area (Å²) < 4.78 is 1.55. The normalized spacial score (nSPS) is 10.8. The van der Waals surface area contributed by atoms with Crippen molar-refractivity contribution in [2.75, 3.05) is 0 Å². The number of rotatable bonds is 4. The minimum absolute atomic E-state index is 0.0155. The molecule has 3 rings (SSSR count). The number of hydrogen-bond donors (Lipinski definition) is 1. The highest BCUT2D eigenvalue weighted by Gasteiger charge is 2.16. The molecule has 3 aromatic heterocycles. The highest BCUT2D eigenvalue weighted by atomic mass is 32.1. The predicted octanol–water partition coefficient (Wildman–Crippen LogP) is 2.52. The summed E-state index contributed by atoms with van der Waals surface area (Å²) in [5.41, 5.74) is 2.47. The molecule has 20 heavy (non-hydrogen) atoms. The Morgan fingerprint density at radius 1 is 1.45 bits per heavy atom. The van der Waals surface area contributed by atoms with Crippen LogP contribution in [0.2, 0.25) is 0 Å². The molecule has 0 saturated carbocycles. The average molecular weight is 306 g/mol. The van der Waals surface area contributed by atoms with Crippen LogP contribution in [-0.2, 0) is 6.54 Å². The van der Waals surface area contributed by atoms with E-state index in [1.54, 1.807) is 34.3 Å². The van der Waals surface area contributed by atoms with Gasteiger partial charge in [-0.1, -0.05) is 5.21 Å². The second-order valence-electron chi connectivity index (χ2n) is 4.14. The maximum Gasteiger partial charge on any atom is 0.358 e. The van der Waals surface area contributed by atoms with Crippen LogP contribution in [0.5, 0.6) is 0 Å². The van der Waals surface area contributed by atoms with Gasteiger partial charge in [-0.05, 0) is 18.4 Å². The van der Waals surface area contributed by atoms with Crippen molar-refractivity contribution in [3.63, 3.8) is 0 Å². The first-order valence-corrected chi connectivity index (χ1v) is 7.57. The third-order valence-electron chi connectivity index (χ3n) is 2.82. The highest BCUT2D eigenvalue weighted by Crippen LogP contribution is 2.26. The topological polar surface area (TPSA) is 80.9 Å². The van der Waals surface area contributed by atoms with E-state index < -0.39 is 5.97 Å². The van der Waals surface area contributed by atoms with Gasteiger partial charge in [0, 0.05) is 16.3 Å². The molecule has 0 aromatic carbocycles. The largest absolute Gasteiger partial charge is 0.476 e. The van der Waals surface area contributed by atoms with E-state index in [9.17, 15) is 4.79 Å². The van der Waals surface area contributed by atoms with E-state index in [0.717, 1.165) is 16.3 Å². The number of carboxylic acid groups (broad SMARTS) is 1. The first kappa shape index (κ1) is 12.9. The third kappa shape index (κ3) is 2.35. The Hall–Kier alpha value is -2.06. The van der Waals surface area contributed by atoms with Crippen LogP contribution in [0.4, 0.5) is 0 Å². The van der Waals surface area contributed by atoms with Gasteiger partial charge in [0.25, 0.3) is 0 Å². The summed E-state index contributed by atoms with van der Waals surface area (Å²) in [7, 11) is 0. The van der Waals surface area contributed by atoms with Crippen LogP contribution in [-0.4, -0.2) is 31.1 Å². The van der Waals surface area contributed by atoms with Gasteiger partial charge in [-0.25, -0.2) is 14.5 Å². The molecule has 0 spiro atoms. The molecule has 6 nitrogen and oxygen atoms in total. The van der Waals surface area contributed by atoms with Crippen LogP contribution >= 0.6 is 22.7 Å². The summed E-state index contributed by atoms with van der Waals surface area (Å²) in [4.78, 5) is 15.5. The van der Waals surface area contributed by atoms with E-state index in [1.807, 2.05) is 22.2 Å². The highest BCUT2D eigenvalue weighted by molar-refractivity contribution is 7.14. The van der Waals surface area contributed by atoms with Gasteiger partial charge in [-0.2, -0.15) is 11.3 Å². The molecular weight excluding hydrogens is 296 g/mol. The maximum atomic E-state index is 10.9. The monoisotopic (exact) mass is 306 g/mol. The van der Waals surface area contributed by atoms with Gasteiger partial charge in [0.15, 0.2) is 5.69 Å². The summed E-state index contributed by atoms with van der Waals surface area (Å²) in [6, 6.07) is 2.02. The van der Waals surface area contributed by atoms with Crippen molar-refractivity contribution in [1.29, 1.82) is 0 Å². The van der Waals surface area contributed by atoms with Crippen molar-refractivity contribution in [3.05, 3.63) is 39.3 Å². The number of nitrogens with zero attached hydrogens (tertiary/aromatic N) is 4. The fraction of sp³-hybridized carbons (Fsp3) is 0.167. The molecule has 0 saturated heterocycles. The lowest BCUT2D eigenvalue weighted by atomic mass is 10.3. The zero-order chi connectivity index (χ0) is 14.1. The Kier molecular flexibility index (Phi) is 3.33. The standard InChI is InChI=1S/C12H10N4O2S2/c1-7-10(12(17)18)14-15-16(7)4-9-6-20-11(13-9)8-2-3-19-5-8/h2-3,5-6H,4H2,1H3,(H,17,18). The number of aromatic carboxylic acids is 1. The van der Waals surface area contributed by atoms with Gasteiger partial charge < -0.3 is 5.11 Å². The lowest BCUT2D eigenvalue weighted by Crippen LogP contribution is -2.06. The van der Waals surface area contributed by atoms with Crippen LogP contribution < -0.4 is 0 Å². The Labute approximate surface area is 122 Å². The van der Waals surface area contributed by atoms with Crippen molar-refractivity contribution >= 4 is 28.6 Å². The van der Waals surface area contributed by atoms with Gasteiger partial charge >= 0.3 is 5.97 Å². The Balaban J connectivity index is 1.84. The molecule has 0 atom stereocenters. The molecule has 0 fully saturated rings. The van der Waals surface area contributed by atoms with E-state index in [2.05, 4.69) is 15.3 Å². The molecule has 0 aliphatic heterocycles. The molecule has 0 radical (unpaired) electrons. The second kappa shape index (κ2) is 5.14. The fourth-order valence-electron chi connectivity index (χ4n) is 1.76. The van der Waals surface area contributed by atoms with Crippen LogP contribution in [0.3, 0.4) is 0 Å². The van der Waals surface area contributed by atoms with Crippen LogP contribution in [0.25, 0.3) is 10.6 Å². The Bertz CT molecular complexity index is 745. The summed E-state index contributed by atoms with van der Waals surface area (Å²) in [5, 5.41) is 23.4. The lowest BCUT2D eigenvalue weighted by Gasteiger charge is -1.99. The van der Waals surface area contributed by atoms with Crippen LogP contribution in [0.1, 0.15) is 21.9 Å². The number of thiophene rings is 1. The molecule has 0 amide bonds. The van der Waals surface area contributed by atoms with Gasteiger partial charge in [-0.15, -0.1) is 16.4 Å². The van der Waals surface area contributed by atoms with Crippen molar-refractivity contribution in [1.82, 2.24) is 20.0 Å². The zero-order valence-corrected chi connectivity index (χ0v) is 12.1. The molecule has 0 aliphatic rings. The predicted molar refractivity (Wildman–Crippen MR) is 76.2 cm³/mol. The summed E-state index contributed by atoms with van der Waals surface area (Å²) in [5.74, 6) is -1.06. The summed E-state index contributed by atoms with van der Waals surface area (Å²) in [6.07, 6.45) is 0. The summed E-state index contributed by atoms with van der Waals surface area (Å²) >= 11 is 3.19. The lowest BCUT2D eigenvalue weighted by molar-refractivity contribution is 0.0689. The molecule has 0 unspecified atom stereocenters. The van der Waals surface area contributed by atoms with Crippen molar-refractivity contribution in [3.8, 4) is 10.6 Å². The van der Waals surface area contributed by atoms with Gasteiger partial charge in [0.2, 0.25) is 0 Å². The van der Waals surface area contributed by atoms with Crippen molar-refractivity contribution in [2.24, 2.45) is 0 Å². The fourth-order valence-corrected chi connectivity index (χ4v) is 3.28. The van der Waals surface area contributed by atoms with Gasteiger partial charge in [-0.3, -0.25) is 0 Å². The number of hydrogen-bond acceptors (Lipinski definition) is 6. The summed E-state index contributed by atoms with van der Waals surface area (Å²) in [6.45, 7) is 2.11. The molecule has 0 bridgehead atoms. The number of carboxylic acids is 1. The second-order valence-corrected chi connectivity index (χ2v) is 5.78. The first-order valence-electron chi connectivity index (χ1n) is 5.75. The quantitative estimate of drug-likeness (QED) is 0.801. The first-order chi connectivity index (χ1) is 9.65. The van der Waals surface area contributed by atoms with Crippen molar-refractivity contribution < 1.29 is 9.90 Å². The van der Waals surface area contributed by atoms with E-state index in [0.29, 0.717) is 12.2 Å². The molecule has 1 N–H and O–H groups in total. The average Bonchev–Trinajstić information content (AvgIpc) is 3.12. The molecule has 8 heteroatoms. The van der Waals surface area contributed by atoms with Gasteiger partial charge in [0.1, 0.15) is 5.01 Å². The van der Waals surface area contributed by atoms with E-state index in [1.165, 1.54) is 0 Å². The van der Waals surface area contributed by atoms with E-state index in [-0.39, 0.29) is 5.69 Å².